The molecule has 4 nitrogen and oxygen atoms in total. The van der Waals surface area contributed by atoms with E-state index in [1.54, 1.807) is 0 Å². The van der Waals surface area contributed by atoms with E-state index in [4.69, 9.17) is 0 Å². The van der Waals surface area contributed by atoms with E-state index in [1.165, 1.54) is 24.8 Å². The minimum Gasteiger partial charge on any atom is -0.339 e. The number of likely N-dealkylation sites (tertiary alicyclic amines) is 2. The molecule has 1 unspecified atom stereocenters. The molecule has 28 heavy (non-hydrogen) atoms. The van der Waals surface area contributed by atoms with Crippen LogP contribution >= 0.6 is 0 Å². The van der Waals surface area contributed by atoms with Crippen LogP contribution in [0.5, 0.6) is 0 Å². The lowest BCUT2D eigenvalue weighted by molar-refractivity contribution is -0.149. The predicted molar refractivity (Wildman–Crippen MR) is 111 cm³/mol. The molecule has 1 saturated carbocycles. The van der Waals surface area contributed by atoms with Gasteiger partial charge in [0.1, 0.15) is 0 Å². The highest BCUT2D eigenvalue weighted by Crippen LogP contribution is 2.42. The number of carbonyl (C=O) groups is 2. The highest BCUT2D eigenvalue weighted by molar-refractivity contribution is 5.95. The van der Waals surface area contributed by atoms with Crippen molar-refractivity contribution in [3.8, 4) is 0 Å². The monoisotopic (exact) mass is 382 g/mol. The highest BCUT2D eigenvalue weighted by Gasteiger charge is 2.50. The Balaban J connectivity index is 1.46. The maximum absolute atomic E-state index is 13.5. The Hall–Kier alpha value is -1.84. The summed E-state index contributed by atoms with van der Waals surface area (Å²) < 4.78 is 0. The molecule has 2 amide bonds. The maximum Gasteiger partial charge on any atom is 0.253 e. The first-order valence-electron chi connectivity index (χ1n) is 11.2. The number of nitrogens with zero attached hydrogens (tertiary/aromatic N) is 2. The van der Waals surface area contributed by atoms with Gasteiger partial charge in [0.15, 0.2) is 0 Å². The SMILES string of the molecule is CC(C)c1ccc(C(=O)N2CCC3(CCCN(C4CCCCC4)C3=O)C2)cc1. The molecule has 152 valence electrons. The zero-order chi connectivity index (χ0) is 19.7. The first kappa shape index (κ1) is 19.5. The molecule has 1 aliphatic carbocycles. The molecule has 3 aliphatic rings. The van der Waals surface area contributed by atoms with Gasteiger partial charge in [-0.15, -0.1) is 0 Å². The van der Waals surface area contributed by atoms with E-state index >= 15 is 0 Å². The van der Waals surface area contributed by atoms with Gasteiger partial charge in [-0.1, -0.05) is 45.2 Å². The fraction of sp³-hybridized carbons (Fsp3) is 0.667. The van der Waals surface area contributed by atoms with E-state index < -0.39 is 0 Å². The van der Waals surface area contributed by atoms with Crippen molar-refractivity contribution >= 4 is 11.8 Å². The molecule has 0 radical (unpaired) electrons. The van der Waals surface area contributed by atoms with Gasteiger partial charge in [0.2, 0.25) is 5.91 Å². The summed E-state index contributed by atoms with van der Waals surface area (Å²) in [7, 11) is 0. The van der Waals surface area contributed by atoms with Crippen molar-refractivity contribution in [2.75, 3.05) is 19.6 Å². The summed E-state index contributed by atoms with van der Waals surface area (Å²) in [4.78, 5) is 30.6. The fourth-order valence-corrected chi connectivity index (χ4v) is 5.46. The molecule has 4 heteroatoms. The number of benzene rings is 1. The number of carbonyl (C=O) groups excluding carboxylic acids is 2. The fourth-order valence-electron chi connectivity index (χ4n) is 5.46. The van der Waals surface area contributed by atoms with Crippen molar-refractivity contribution in [3.63, 3.8) is 0 Å². The molecule has 1 atom stereocenters. The Bertz CT molecular complexity index is 721. The third kappa shape index (κ3) is 3.58. The summed E-state index contributed by atoms with van der Waals surface area (Å²) in [5, 5.41) is 0. The van der Waals surface area contributed by atoms with Crippen molar-refractivity contribution in [1.29, 1.82) is 0 Å². The first-order valence-corrected chi connectivity index (χ1v) is 11.2. The summed E-state index contributed by atoms with van der Waals surface area (Å²) in [6.07, 6.45) is 8.96. The zero-order valence-corrected chi connectivity index (χ0v) is 17.5. The quantitative estimate of drug-likeness (QED) is 0.767. The van der Waals surface area contributed by atoms with Crippen LogP contribution in [-0.2, 0) is 4.79 Å². The van der Waals surface area contributed by atoms with Crippen LogP contribution in [0.25, 0.3) is 0 Å². The number of rotatable bonds is 3. The number of amides is 2. The van der Waals surface area contributed by atoms with E-state index in [1.807, 2.05) is 17.0 Å². The molecular formula is C24H34N2O2. The van der Waals surface area contributed by atoms with E-state index in [0.29, 0.717) is 31.0 Å². The molecule has 2 saturated heterocycles. The second-order valence-corrected chi connectivity index (χ2v) is 9.43. The molecule has 1 aromatic carbocycles. The van der Waals surface area contributed by atoms with Crippen LogP contribution in [-0.4, -0.2) is 47.3 Å². The van der Waals surface area contributed by atoms with Crippen molar-refractivity contribution in [1.82, 2.24) is 9.80 Å². The normalized spacial score (nSPS) is 26.5. The van der Waals surface area contributed by atoms with Crippen molar-refractivity contribution < 1.29 is 9.59 Å². The van der Waals surface area contributed by atoms with Crippen molar-refractivity contribution in [2.24, 2.45) is 5.41 Å². The van der Waals surface area contributed by atoms with Gasteiger partial charge in [-0.05, 0) is 55.7 Å². The predicted octanol–water partition coefficient (Wildman–Crippen LogP) is 4.60. The third-order valence-electron chi connectivity index (χ3n) is 7.25. The van der Waals surface area contributed by atoms with Crippen LogP contribution in [0.4, 0.5) is 0 Å². The topological polar surface area (TPSA) is 40.6 Å². The van der Waals surface area contributed by atoms with Crippen LogP contribution in [0.1, 0.15) is 87.1 Å². The van der Waals surface area contributed by atoms with Crippen molar-refractivity contribution in [2.45, 2.75) is 77.2 Å². The lowest BCUT2D eigenvalue weighted by Crippen LogP contribution is -2.54. The first-order chi connectivity index (χ1) is 13.5. The zero-order valence-electron chi connectivity index (χ0n) is 17.5. The summed E-state index contributed by atoms with van der Waals surface area (Å²) in [6.45, 7) is 6.53. The van der Waals surface area contributed by atoms with Crippen LogP contribution in [0.3, 0.4) is 0 Å². The molecule has 1 aromatic rings. The number of hydrogen-bond acceptors (Lipinski definition) is 2. The average molecular weight is 383 g/mol. The molecule has 1 spiro atoms. The van der Waals surface area contributed by atoms with Gasteiger partial charge in [0.25, 0.3) is 5.91 Å². The maximum atomic E-state index is 13.5. The van der Waals surface area contributed by atoms with Gasteiger partial charge >= 0.3 is 0 Å². The molecule has 0 N–H and O–H groups in total. The Kier molecular flexibility index (Phi) is 5.48. The molecule has 2 aliphatic heterocycles. The van der Waals surface area contributed by atoms with Crippen LogP contribution in [0, 0.1) is 5.41 Å². The van der Waals surface area contributed by atoms with E-state index in [0.717, 1.165) is 44.2 Å². The Morgan fingerprint density at radius 3 is 2.39 bits per heavy atom. The second-order valence-electron chi connectivity index (χ2n) is 9.43. The summed E-state index contributed by atoms with van der Waals surface area (Å²) >= 11 is 0. The van der Waals surface area contributed by atoms with Gasteiger partial charge in [-0.2, -0.15) is 0 Å². The molecule has 3 fully saturated rings. The standard InChI is InChI=1S/C24H34N2O2/c1-18(2)19-9-11-20(12-10-19)22(27)25-16-14-24(17-25)13-6-15-26(23(24)28)21-7-4-3-5-8-21/h9-12,18,21H,3-8,13-17H2,1-2H3. The van der Waals surface area contributed by atoms with Gasteiger partial charge in [-0.3, -0.25) is 9.59 Å². The van der Waals surface area contributed by atoms with Gasteiger partial charge < -0.3 is 9.80 Å². The molecule has 2 heterocycles. The van der Waals surface area contributed by atoms with E-state index in [2.05, 4.69) is 30.9 Å². The largest absolute Gasteiger partial charge is 0.339 e. The molecule has 0 aromatic heterocycles. The summed E-state index contributed by atoms with van der Waals surface area (Å²) in [6, 6.07) is 8.44. The second kappa shape index (κ2) is 7.88. The summed E-state index contributed by atoms with van der Waals surface area (Å²) in [5.74, 6) is 0.871. The minimum atomic E-state index is -0.330. The van der Waals surface area contributed by atoms with Crippen molar-refractivity contribution in [3.05, 3.63) is 35.4 Å². The summed E-state index contributed by atoms with van der Waals surface area (Å²) in [5.41, 5.74) is 1.66. The Labute approximate surface area is 169 Å². The van der Waals surface area contributed by atoms with Gasteiger partial charge in [0.05, 0.1) is 5.41 Å². The lowest BCUT2D eigenvalue weighted by Gasteiger charge is -2.44. The minimum absolute atomic E-state index is 0.0785. The Morgan fingerprint density at radius 2 is 1.71 bits per heavy atom. The van der Waals surface area contributed by atoms with Crippen LogP contribution in [0.2, 0.25) is 0 Å². The lowest BCUT2D eigenvalue weighted by atomic mass is 9.77. The molecular weight excluding hydrogens is 348 g/mol. The Morgan fingerprint density at radius 1 is 1.00 bits per heavy atom. The van der Waals surface area contributed by atoms with E-state index in [-0.39, 0.29) is 11.3 Å². The highest BCUT2D eigenvalue weighted by atomic mass is 16.2. The van der Waals surface area contributed by atoms with Crippen LogP contribution < -0.4 is 0 Å². The van der Waals surface area contributed by atoms with Gasteiger partial charge in [0, 0.05) is 31.2 Å². The smallest absolute Gasteiger partial charge is 0.253 e. The third-order valence-corrected chi connectivity index (χ3v) is 7.25. The average Bonchev–Trinajstić information content (AvgIpc) is 3.15. The number of piperidine rings is 1. The molecule has 0 bridgehead atoms. The van der Waals surface area contributed by atoms with Gasteiger partial charge in [-0.25, -0.2) is 0 Å². The van der Waals surface area contributed by atoms with E-state index in [9.17, 15) is 9.59 Å². The molecule has 4 rings (SSSR count). The number of hydrogen-bond donors (Lipinski definition) is 0. The van der Waals surface area contributed by atoms with Crippen LogP contribution in [0.15, 0.2) is 24.3 Å².